The van der Waals surface area contributed by atoms with Gasteiger partial charge in [0.2, 0.25) is 0 Å². The van der Waals surface area contributed by atoms with Crippen molar-refractivity contribution in [3.8, 4) is 5.75 Å². The number of hydrogen-bond acceptors (Lipinski definition) is 4. The highest BCUT2D eigenvalue weighted by Crippen LogP contribution is 2.28. The zero-order chi connectivity index (χ0) is 14.8. The smallest absolute Gasteiger partial charge is 0.137 e. The molecule has 0 aromatic heterocycles. The minimum absolute atomic E-state index is 0.0283. The Morgan fingerprint density at radius 3 is 2.86 bits per heavy atom. The number of amidine groups is 1. The molecule has 0 bridgehead atoms. The molecule has 0 radical (unpaired) electrons. The van der Waals surface area contributed by atoms with E-state index in [1.807, 2.05) is 49.4 Å². The zero-order valence-electron chi connectivity index (χ0n) is 11.9. The van der Waals surface area contributed by atoms with Gasteiger partial charge in [-0.2, -0.15) is 0 Å². The summed E-state index contributed by atoms with van der Waals surface area (Å²) in [7, 11) is 1.67. The van der Waals surface area contributed by atoms with Gasteiger partial charge in [-0.1, -0.05) is 22.0 Å². The van der Waals surface area contributed by atoms with Crippen molar-refractivity contribution in [2.45, 2.75) is 13.1 Å². The molecule has 0 aliphatic carbocycles. The van der Waals surface area contributed by atoms with Gasteiger partial charge in [0.25, 0.3) is 0 Å². The lowest BCUT2D eigenvalue weighted by Crippen LogP contribution is -2.27. The van der Waals surface area contributed by atoms with E-state index < -0.39 is 0 Å². The second-order valence-corrected chi connectivity index (χ2v) is 5.76. The number of fused-ring (bicyclic) bond motifs is 1. The predicted octanol–water partition coefficient (Wildman–Crippen LogP) is 4.09. The number of hydrogen-bond donors (Lipinski definition) is 2. The Hall–Kier alpha value is -2.01. The molecule has 1 aliphatic heterocycles. The van der Waals surface area contributed by atoms with Gasteiger partial charge < -0.3 is 15.4 Å². The molecule has 108 valence electrons. The van der Waals surface area contributed by atoms with Gasteiger partial charge in [-0.15, -0.1) is 0 Å². The maximum Gasteiger partial charge on any atom is 0.137 e. The number of ether oxygens (including phenoxy) is 1. The highest BCUT2D eigenvalue weighted by Gasteiger charge is 2.18. The van der Waals surface area contributed by atoms with Gasteiger partial charge in [0.15, 0.2) is 0 Å². The Balaban J connectivity index is 1.98. The van der Waals surface area contributed by atoms with Crippen LogP contribution in [-0.2, 0) is 0 Å². The second kappa shape index (κ2) is 5.77. The molecular weight excluding hydrogens is 330 g/mol. The molecule has 4 nitrogen and oxygen atoms in total. The van der Waals surface area contributed by atoms with Crippen molar-refractivity contribution in [2.24, 2.45) is 4.99 Å². The quantitative estimate of drug-likeness (QED) is 0.861. The van der Waals surface area contributed by atoms with Crippen LogP contribution in [-0.4, -0.2) is 19.1 Å². The van der Waals surface area contributed by atoms with Crippen LogP contribution in [0.5, 0.6) is 5.75 Å². The van der Waals surface area contributed by atoms with E-state index in [0.717, 1.165) is 33.0 Å². The minimum Gasteiger partial charge on any atom is -0.497 e. The van der Waals surface area contributed by atoms with Gasteiger partial charge >= 0.3 is 0 Å². The first-order valence-corrected chi connectivity index (χ1v) is 7.50. The molecule has 3 rings (SSSR count). The Morgan fingerprint density at radius 1 is 1.24 bits per heavy atom. The number of rotatable bonds is 2. The lowest BCUT2D eigenvalue weighted by molar-refractivity contribution is 0.414. The lowest BCUT2D eigenvalue weighted by Gasteiger charge is -2.24. The zero-order valence-corrected chi connectivity index (χ0v) is 13.4. The van der Waals surface area contributed by atoms with Crippen LogP contribution >= 0.6 is 15.9 Å². The van der Waals surface area contributed by atoms with Crippen LogP contribution in [0.25, 0.3) is 0 Å². The number of nitrogens with zero attached hydrogens (tertiary/aromatic N) is 1. The van der Waals surface area contributed by atoms with E-state index in [0.29, 0.717) is 0 Å². The third kappa shape index (κ3) is 3.03. The van der Waals surface area contributed by atoms with E-state index >= 15 is 0 Å². The standard InChI is InChI=1S/C16H16BrN3O/c1-10-18-15-7-6-13(21-2)9-14(15)16(19-10)20-12-5-3-4-11(17)8-12/h3-10,18H,1-2H3,(H,19,20). The summed E-state index contributed by atoms with van der Waals surface area (Å²) < 4.78 is 6.34. The number of methoxy groups -OCH3 is 1. The molecule has 1 aliphatic rings. The third-order valence-corrected chi connectivity index (χ3v) is 3.75. The average molecular weight is 346 g/mol. The molecule has 5 heteroatoms. The maximum absolute atomic E-state index is 5.31. The SMILES string of the molecule is COc1ccc2c(c1)C(Nc1cccc(Br)c1)=NC(C)N2. The van der Waals surface area contributed by atoms with Crippen LogP contribution < -0.4 is 15.4 Å². The van der Waals surface area contributed by atoms with Crippen LogP contribution in [0.2, 0.25) is 0 Å². The van der Waals surface area contributed by atoms with Crippen molar-refractivity contribution in [1.82, 2.24) is 0 Å². The first-order valence-electron chi connectivity index (χ1n) is 6.71. The third-order valence-electron chi connectivity index (χ3n) is 3.26. The summed E-state index contributed by atoms with van der Waals surface area (Å²) in [6.45, 7) is 2.02. The number of benzene rings is 2. The minimum atomic E-state index is 0.0283. The molecule has 2 N–H and O–H groups in total. The predicted molar refractivity (Wildman–Crippen MR) is 90.4 cm³/mol. The van der Waals surface area contributed by atoms with Crippen LogP contribution in [0.1, 0.15) is 12.5 Å². The second-order valence-electron chi connectivity index (χ2n) is 4.84. The van der Waals surface area contributed by atoms with Gasteiger partial charge in [-0.05, 0) is 43.3 Å². The summed E-state index contributed by atoms with van der Waals surface area (Å²) in [5, 5.41) is 6.73. The lowest BCUT2D eigenvalue weighted by atomic mass is 10.1. The van der Waals surface area contributed by atoms with Crippen molar-refractivity contribution >= 4 is 33.1 Å². The highest BCUT2D eigenvalue weighted by molar-refractivity contribution is 9.10. The van der Waals surface area contributed by atoms with Crippen molar-refractivity contribution in [1.29, 1.82) is 0 Å². The van der Waals surface area contributed by atoms with Gasteiger partial charge in [-0.3, -0.25) is 0 Å². The summed E-state index contributed by atoms with van der Waals surface area (Å²) in [6.07, 6.45) is 0.0283. The number of anilines is 2. The van der Waals surface area contributed by atoms with E-state index in [2.05, 4.69) is 31.6 Å². The molecule has 0 saturated heterocycles. The van der Waals surface area contributed by atoms with Crippen molar-refractivity contribution < 1.29 is 4.74 Å². The fraction of sp³-hybridized carbons (Fsp3) is 0.188. The molecule has 21 heavy (non-hydrogen) atoms. The molecule has 1 unspecified atom stereocenters. The topological polar surface area (TPSA) is 45.6 Å². The summed E-state index contributed by atoms with van der Waals surface area (Å²) in [4.78, 5) is 4.65. The van der Waals surface area contributed by atoms with Crippen LogP contribution in [0, 0.1) is 0 Å². The molecular formula is C16H16BrN3O. The van der Waals surface area contributed by atoms with E-state index in [1.54, 1.807) is 7.11 Å². The Kier molecular flexibility index (Phi) is 3.84. The number of aliphatic imine (C=N–C) groups is 1. The van der Waals surface area contributed by atoms with Gasteiger partial charge in [0.05, 0.1) is 7.11 Å². The van der Waals surface area contributed by atoms with Crippen LogP contribution in [0.3, 0.4) is 0 Å². The molecule has 2 aromatic carbocycles. The number of nitrogens with one attached hydrogen (secondary N) is 2. The summed E-state index contributed by atoms with van der Waals surface area (Å²) in [5.74, 6) is 1.65. The molecule has 1 atom stereocenters. The van der Waals surface area contributed by atoms with E-state index in [1.165, 1.54) is 0 Å². The Labute approximate surface area is 132 Å². The van der Waals surface area contributed by atoms with E-state index in [4.69, 9.17) is 4.74 Å². The van der Waals surface area contributed by atoms with Crippen molar-refractivity contribution in [2.75, 3.05) is 17.7 Å². The van der Waals surface area contributed by atoms with Crippen LogP contribution in [0.4, 0.5) is 11.4 Å². The molecule has 0 spiro atoms. The average Bonchev–Trinajstić information content (AvgIpc) is 2.47. The van der Waals surface area contributed by atoms with Gasteiger partial charge in [0.1, 0.15) is 17.8 Å². The monoisotopic (exact) mass is 345 g/mol. The Morgan fingerprint density at radius 2 is 2.10 bits per heavy atom. The normalized spacial score (nSPS) is 16.5. The Bertz CT molecular complexity index is 700. The first-order chi connectivity index (χ1) is 10.2. The highest BCUT2D eigenvalue weighted by atomic mass is 79.9. The maximum atomic E-state index is 5.31. The summed E-state index contributed by atoms with van der Waals surface area (Å²) in [6, 6.07) is 14.0. The van der Waals surface area contributed by atoms with Crippen molar-refractivity contribution in [3.63, 3.8) is 0 Å². The first kappa shape index (κ1) is 13.9. The molecule has 1 heterocycles. The molecule has 2 aromatic rings. The largest absolute Gasteiger partial charge is 0.497 e. The van der Waals surface area contributed by atoms with E-state index in [-0.39, 0.29) is 6.17 Å². The fourth-order valence-corrected chi connectivity index (χ4v) is 2.69. The van der Waals surface area contributed by atoms with Crippen molar-refractivity contribution in [3.05, 3.63) is 52.5 Å². The van der Waals surface area contributed by atoms with Crippen LogP contribution in [0.15, 0.2) is 51.9 Å². The van der Waals surface area contributed by atoms with E-state index in [9.17, 15) is 0 Å². The molecule has 0 saturated carbocycles. The summed E-state index contributed by atoms with van der Waals surface area (Å²) >= 11 is 3.48. The van der Waals surface area contributed by atoms with Gasteiger partial charge in [0, 0.05) is 21.4 Å². The number of halogens is 1. The molecule has 0 amide bonds. The fourth-order valence-electron chi connectivity index (χ4n) is 2.30. The summed E-state index contributed by atoms with van der Waals surface area (Å²) in [5.41, 5.74) is 3.05. The molecule has 0 fully saturated rings. The van der Waals surface area contributed by atoms with Gasteiger partial charge in [-0.25, -0.2) is 4.99 Å².